The third kappa shape index (κ3) is 6.69. The molecular formula is C33H33ClF3N5O3. The van der Waals surface area contributed by atoms with Crippen LogP contribution in [0.2, 0.25) is 5.02 Å². The minimum absolute atomic E-state index is 0.0459. The van der Waals surface area contributed by atoms with Crippen LogP contribution in [0.5, 0.6) is 0 Å². The van der Waals surface area contributed by atoms with Crippen molar-refractivity contribution in [1.29, 1.82) is 0 Å². The van der Waals surface area contributed by atoms with Crippen LogP contribution in [-0.2, 0) is 28.9 Å². The van der Waals surface area contributed by atoms with E-state index in [0.29, 0.717) is 66.8 Å². The summed E-state index contributed by atoms with van der Waals surface area (Å²) in [6.45, 7) is 4.38. The first-order chi connectivity index (χ1) is 21.5. The highest BCUT2D eigenvalue weighted by Gasteiger charge is 2.39. The highest BCUT2D eigenvalue weighted by molar-refractivity contribution is 6.31. The fraction of sp³-hybridized carbons (Fsp3) is 0.394. The van der Waals surface area contributed by atoms with Gasteiger partial charge in [0.05, 0.1) is 5.56 Å². The van der Waals surface area contributed by atoms with Crippen LogP contribution in [0.1, 0.15) is 58.3 Å². The number of hydrogen-bond acceptors (Lipinski definition) is 6. The molecule has 0 spiro atoms. The molecule has 2 aromatic carbocycles. The average molecular weight is 640 g/mol. The minimum Gasteiger partial charge on any atom is -0.356 e. The van der Waals surface area contributed by atoms with E-state index in [0.717, 1.165) is 35.6 Å². The smallest absolute Gasteiger partial charge is 0.356 e. The van der Waals surface area contributed by atoms with E-state index in [1.54, 1.807) is 29.2 Å². The van der Waals surface area contributed by atoms with E-state index in [2.05, 4.69) is 15.6 Å². The lowest BCUT2D eigenvalue weighted by molar-refractivity contribution is -0.138. The predicted molar refractivity (Wildman–Crippen MR) is 164 cm³/mol. The molecule has 8 nitrogen and oxygen atoms in total. The van der Waals surface area contributed by atoms with Gasteiger partial charge in [0.15, 0.2) is 0 Å². The van der Waals surface area contributed by atoms with Crippen LogP contribution in [0.25, 0.3) is 11.1 Å². The van der Waals surface area contributed by atoms with Gasteiger partial charge in [-0.3, -0.25) is 19.7 Å². The van der Waals surface area contributed by atoms with Crippen molar-refractivity contribution in [3.05, 3.63) is 81.5 Å². The third-order valence-corrected chi connectivity index (χ3v) is 9.03. The van der Waals surface area contributed by atoms with Gasteiger partial charge in [-0.2, -0.15) is 13.2 Å². The van der Waals surface area contributed by atoms with Gasteiger partial charge < -0.3 is 15.1 Å². The Kier molecular flexibility index (Phi) is 8.58. The number of piperidine rings is 2. The number of amides is 3. The number of nitrogens with one attached hydrogen (secondary N) is 2. The lowest BCUT2D eigenvalue weighted by Crippen LogP contribution is -2.52. The number of alkyl halides is 3. The van der Waals surface area contributed by atoms with Crippen molar-refractivity contribution in [2.75, 3.05) is 24.5 Å². The molecule has 2 N–H and O–H groups in total. The molecule has 1 unspecified atom stereocenters. The Morgan fingerprint density at radius 3 is 2.51 bits per heavy atom. The highest BCUT2D eigenvalue weighted by Crippen LogP contribution is 2.39. The Morgan fingerprint density at radius 1 is 1.02 bits per heavy atom. The number of carbonyl (C=O) groups is 3. The van der Waals surface area contributed by atoms with Gasteiger partial charge in [-0.25, -0.2) is 4.98 Å². The molecule has 1 aromatic heterocycles. The van der Waals surface area contributed by atoms with Gasteiger partial charge in [0.2, 0.25) is 11.8 Å². The SMILES string of the molecule is Cc1cc(Cl)cc(-c2cnc(N3CCC(CNCc4ccc5c(c4)CN(C4CCC(=O)NC4=O)C5=O)CC3)c(C(F)(F)F)c2)c1. The maximum absolute atomic E-state index is 14.2. The molecule has 6 rings (SSSR count). The monoisotopic (exact) mass is 639 g/mol. The van der Waals surface area contributed by atoms with Crippen molar-refractivity contribution < 1.29 is 27.6 Å². The maximum atomic E-state index is 14.2. The number of fused-ring (bicyclic) bond motifs is 1. The Morgan fingerprint density at radius 2 is 1.80 bits per heavy atom. The molecule has 3 amide bonds. The van der Waals surface area contributed by atoms with Crippen molar-refractivity contribution in [2.24, 2.45) is 5.92 Å². The Hall–Kier alpha value is -3.96. The van der Waals surface area contributed by atoms with Crippen LogP contribution >= 0.6 is 11.6 Å². The van der Waals surface area contributed by atoms with Crippen LogP contribution in [0, 0.1) is 12.8 Å². The molecule has 2 fully saturated rings. The molecule has 0 bridgehead atoms. The molecule has 4 heterocycles. The van der Waals surface area contributed by atoms with Crippen molar-refractivity contribution >= 4 is 35.1 Å². The van der Waals surface area contributed by atoms with Crippen LogP contribution in [0.15, 0.2) is 48.7 Å². The van der Waals surface area contributed by atoms with Crippen molar-refractivity contribution in [2.45, 2.75) is 57.9 Å². The molecule has 3 aromatic rings. The largest absolute Gasteiger partial charge is 0.419 e. The normalized spacial score (nSPS) is 19.2. The van der Waals surface area contributed by atoms with E-state index in [1.165, 1.54) is 11.1 Å². The van der Waals surface area contributed by atoms with E-state index < -0.39 is 23.7 Å². The molecule has 0 saturated carbocycles. The first-order valence-corrected chi connectivity index (χ1v) is 15.4. The molecule has 0 radical (unpaired) electrons. The van der Waals surface area contributed by atoms with Crippen LogP contribution < -0.4 is 15.5 Å². The van der Waals surface area contributed by atoms with Gasteiger partial charge in [-0.05, 0) is 85.2 Å². The van der Waals surface area contributed by atoms with Crippen LogP contribution in [-0.4, -0.2) is 53.3 Å². The van der Waals surface area contributed by atoms with Gasteiger partial charge in [-0.1, -0.05) is 29.8 Å². The molecule has 3 aliphatic heterocycles. The van der Waals surface area contributed by atoms with Gasteiger partial charge in [0.1, 0.15) is 11.9 Å². The van der Waals surface area contributed by atoms with E-state index in [4.69, 9.17) is 11.6 Å². The second-order valence-corrected chi connectivity index (χ2v) is 12.5. The fourth-order valence-corrected chi connectivity index (χ4v) is 6.78. The summed E-state index contributed by atoms with van der Waals surface area (Å²) >= 11 is 6.14. The quantitative estimate of drug-likeness (QED) is 0.332. The molecular weight excluding hydrogens is 607 g/mol. The van der Waals surface area contributed by atoms with Gasteiger partial charge in [0.25, 0.3) is 5.91 Å². The average Bonchev–Trinajstić information content (AvgIpc) is 3.31. The molecule has 3 aliphatic rings. The number of nitrogens with zero attached hydrogens (tertiary/aromatic N) is 3. The van der Waals surface area contributed by atoms with E-state index >= 15 is 0 Å². The zero-order chi connectivity index (χ0) is 31.9. The topological polar surface area (TPSA) is 94.6 Å². The second-order valence-electron chi connectivity index (χ2n) is 12.1. The summed E-state index contributed by atoms with van der Waals surface area (Å²) in [5.41, 5.74) is 3.48. The van der Waals surface area contributed by atoms with Crippen LogP contribution in [0.4, 0.5) is 19.0 Å². The third-order valence-electron chi connectivity index (χ3n) is 8.81. The van der Waals surface area contributed by atoms with E-state index in [1.807, 2.05) is 19.1 Å². The summed E-state index contributed by atoms with van der Waals surface area (Å²) < 4.78 is 42.5. The van der Waals surface area contributed by atoms with E-state index in [9.17, 15) is 27.6 Å². The molecule has 45 heavy (non-hydrogen) atoms. The van der Waals surface area contributed by atoms with E-state index in [-0.39, 0.29) is 24.1 Å². The predicted octanol–water partition coefficient (Wildman–Crippen LogP) is 5.50. The van der Waals surface area contributed by atoms with Crippen molar-refractivity contribution in [1.82, 2.24) is 20.5 Å². The number of imide groups is 1. The van der Waals surface area contributed by atoms with Gasteiger partial charge in [0, 0.05) is 54.9 Å². The number of halogens is 4. The maximum Gasteiger partial charge on any atom is 0.419 e. The zero-order valence-electron chi connectivity index (χ0n) is 24.7. The molecule has 12 heteroatoms. The van der Waals surface area contributed by atoms with Crippen molar-refractivity contribution in [3.8, 4) is 11.1 Å². The number of aromatic nitrogens is 1. The van der Waals surface area contributed by atoms with Crippen LogP contribution in [0.3, 0.4) is 0 Å². The van der Waals surface area contributed by atoms with Crippen molar-refractivity contribution in [3.63, 3.8) is 0 Å². The minimum atomic E-state index is -4.55. The Labute approximate surface area is 263 Å². The summed E-state index contributed by atoms with van der Waals surface area (Å²) in [5, 5.41) is 6.23. The standard InChI is InChI=1S/C33H33ClF3N5O3/c1-19-10-22(13-25(34)11-19)23-14-27(33(35,36)37)30(39-17-23)41-8-6-20(7-9-41)15-38-16-21-2-3-26-24(12-21)18-42(32(26)45)28-4-5-29(43)40-31(28)44/h2-3,10-14,17,20,28,38H,4-9,15-16,18H2,1H3,(H,40,43,44). The zero-order valence-corrected chi connectivity index (χ0v) is 25.5. The van der Waals surface area contributed by atoms with Gasteiger partial charge in [-0.15, -0.1) is 0 Å². The number of hydrogen-bond donors (Lipinski definition) is 2. The number of aryl methyl sites for hydroxylation is 1. The number of benzene rings is 2. The van der Waals surface area contributed by atoms with Gasteiger partial charge >= 0.3 is 6.18 Å². The lowest BCUT2D eigenvalue weighted by Gasteiger charge is -2.34. The molecule has 236 valence electrons. The summed E-state index contributed by atoms with van der Waals surface area (Å²) in [6, 6.07) is 11.3. The number of carbonyl (C=O) groups excluding carboxylic acids is 3. The Balaban J connectivity index is 1.04. The number of pyridine rings is 1. The molecule has 2 saturated heterocycles. The molecule has 1 atom stereocenters. The number of anilines is 1. The first-order valence-electron chi connectivity index (χ1n) is 15.0. The second kappa shape index (κ2) is 12.4. The molecule has 0 aliphatic carbocycles. The fourth-order valence-electron chi connectivity index (χ4n) is 6.49. The highest BCUT2D eigenvalue weighted by atomic mass is 35.5. The summed E-state index contributed by atoms with van der Waals surface area (Å²) in [7, 11) is 0. The lowest BCUT2D eigenvalue weighted by atomic mass is 9.96. The number of rotatable bonds is 7. The Bertz CT molecular complexity index is 1630. The summed E-state index contributed by atoms with van der Waals surface area (Å²) in [4.78, 5) is 44.3. The summed E-state index contributed by atoms with van der Waals surface area (Å²) in [5.74, 6) is -0.710. The summed E-state index contributed by atoms with van der Waals surface area (Å²) in [6.07, 6.45) is -1.09. The first kappa shape index (κ1) is 31.0.